The molecule has 29 heavy (non-hydrogen) atoms. The van der Waals surface area contributed by atoms with E-state index in [-0.39, 0.29) is 21.2 Å². The van der Waals surface area contributed by atoms with Gasteiger partial charge in [-0.15, -0.1) is 0 Å². The molecule has 0 atom stereocenters. The first-order valence-electron chi connectivity index (χ1n) is 8.47. The van der Waals surface area contributed by atoms with Crippen LogP contribution < -0.4 is 9.47 Å². The number of thiocarbonyl (C=S) groups is 1. The molecule has 1 amide bonds. The maximum Gasteiger partial charge on any atom is 0.349 e. The molecule has 6 nitrogen and oxygen atoms in total. The first-order valence-corrected chi connectivity index (χ1v) is 9.70. The van der Waals surface area contributed by atoms with Crippen LogP contribution in [0.2, 0.25) is 0 Å². The van der Waals surface area contributed by atoms with Gasteiger partial charge >= 0.3 is 5.97 Å². The summed E-state index contributed by atoms with van der Waals surface area (Å²) in [5.74, 6) is -0.964. The van der Waals surface area contributed by atoms with Gasteiger partial charge in [-0.2, -0.15) is 0 Å². The fourth-order valence-electron chi connectivity index (χ4n) is 2.89. The van der Waals surface area contributed by atoms with E-state index in [4.69, 9.17) is 21.7 Å². The summed E-state index contributed by atoms with van der Waals surface area (Å²) in [4.78, 5) is 39.3. The monoisotopic (exact) mass is 423 g/mol. The predicted molar refractivity (Wildman–Crippen MR) is 112 cm³/mol. The zero-order valence-corrected chi connectivity index (χ0v) is 16.7. The van der Waals surface area contributed by atoms with Gasteiger partial charge in [0.25, 0.3) is 5.91 Å². The Hall–Kier alpha value is -3.23. The molecule has 4 rings (SSSR count). The molecule has 0 spiro atoms. The standard InChI is InChI=1S/C21H13NO5S2/c1-26-15-8-4-2-6-12(15)10-17-19(24)22(21(28)29-17)11-14-18(23)13-7-3-5-9-16(13)27-20(14)25/h2-11H,1H3/b14-11-,17-10+. The number of ketones is 1. The van der Waals surface area contributed by atoms with Gasteiger partial charge in [0.1, 0.15) is 17.1 Å². The highest BCUT2D eigenvalue weighted by atomic mass is 32.2. The molecular weight excluding hydrogens is 410 g/mol. The number of nitrogens with zero attached hydrogens (tertiary/aromatic N) is 1. The Morgan fingerprint density at radius 3 is 2.59 bits per heavy atom. The fourth-order valence-corrected chi connectivity index (χ4v) is 4.09. The van der Waals surface area contributed by atoms with Crippen molar-refractivity contribution in [1.29, 1.82) is 0 Å². The van der Waals surface area contributed by atoms with Crippen molar-refractivity contribution in [1.82, 2.24) is 4.90 Å². The highest BCUT2D eigenvalue weighted by molar-refractivity contribution is 8.26. The average molecular weight is 423 g/mol. The van der Waals surface area contributed by atoms with Gasteiger partial charge in [0.05, 0.1) is 17.6 Å². The third-order valence-corrected chi connectivity index (χ3v) is 5.64. The second-order valence-corrected chi connectivity index (χ2v) is 7.73. The van der Waals surface area contributed by atoms with Crippen LogP contribution in [0.15, 0.2) is 65.2 Å². The van der Waals surface area contributed by atoms with Crippen molar-refractivity contribution in [3.05, 3.63) is 76.3 Å². The lowest BCUT2D eigenvalue weighted by Gasteiger charge is -2.18. The van der Waals surface area contributed by atoms with E-state index in [1.807, 2.05) is 18.2 Å². The van der Waals surface area contributed by atoms with Gasteiger partial charge in [0.15, 0.2) is 4.32 Å². The molecule has 8 heteroatoms. The first kappa shape index (κ1) is 19.1. The van der Waals surface area contributed by atoms with Crippen LogP contribution in [0.4, 0.5) is 0 Å². The number of benzene rings is 2. The van der Waals surface area contributed by atoms with E-state index >= 15 is 0 Å². The van der Waals surface area contributed by atoms with Crippen LogP contribution >= 0.6 is 24.0 Å². The number of fused-ring (bicyclic) bond motifs is 1. The van der Waals surface area contributed by atoms with Crippen molar-refractivity contribution < 1.29 is 23.9 Å². The van der Waals surface area contributed by atoms with Crippen molar-refractivity contribution in [3.63, 3.8) is 0 Å². The number of methoxy groups -OCH3 is 1. The molecule has 2 aromatic rings. The summed E-state index contributed by atoms with van der Waals surface area (Å²) in [6.45, 7) is 0. The van der Waals surface area contributed by atoms with Crippen molar-refractivity contribution in [2.45, 2.75) is 0 Å². The summed E-state index contributed by atoms with van der Waals surface area (Å²) < 4.78 is 10.7. The Bertz CT molecular complexity index is 1140. The molecule has 0 unspecified atom stereocenters. The molecule has 1 fully saturated rings. The van der Waals surface area contributed by atoms with Gasteiger partial charge in [-0.25, -0.2) is 4.79 Å². The maximum atomic E-state index is 12.9. The summed E-state index contributed by atoms with van der Waals surface area (Å²) in [6.07, 6.45) is 2.81. The van der Waals surface area contributed by atoms with Crippen molar-refractivity contribution in [3.8, 4) is 11.5 Å². The van der Waals surface area contributed by atoms with E-state index in [9.17, 15) is 14.4 Å². The van der Waals surface area contributed by atoms with Crippen LogP contribution in [0.5, 0.6) is 11.5 Å². The summed E-state index contributed by atoms with van der Waals surface area (Å²) in [7, 11) is 1.54. The molecule has 0 saturated carbocycles. The number of thioether (sulfide) groups is 1. The van der Waals surface area contributed by atoms with Crippen LogP contribution in [0, 0.1) is 0 Å². The molecule has 2 heterocycles. The normalized spacial score (nSPS) is 19.0. The third-order valence-electron chi connectivity index (χ3n) is 4.31. The second-order valence-electron chi connectivity index (χ2n) is 6.05. The molecule has 0 bridgehead atoms. The summed E-state index contributed by atoms with van der Waals surface area (Å²) in [5, 5.41) is 0. The topological polar surface area (TPSA) is 72.9 Å². The van der Waals surface area contributed by atoms with Crippen molar-refractivity contribution in [2.75, 3.05) is 7.11 Å². The van der Waals surface area contributed by atoms with E-state index in [0.29, 0.717) is 16.2 Å². The molecule has 0 N–H and O–H groups in total. The number of hydrogen-bond donors (Lipinski definition) is 0. The van der Waals surface area contributed by atoms with Crippen molar-refractivity contribution in [2.24, 2.45) is 0 Å². The Labute approximate surface area is 175 Å². The van der Waals surface area contributed by atoms with E-state index in [1.54, 1.807) is 37.5 Å². The Morgan fingerprint density at radius 1 is 1.07 bits per heavy atom. The number of hydrogen-bond acceptors (Lipinski definition) is 7. The number of carbonyl (C=O) groups excluding carboxylic acids is 3. The molecule has 0 radical (unpaired) electrons. The quantitative estimate of drug-likeness (QED) is 0.246. The van der Waals surface area contributed by atoms with E-state index in [0.717, 1.165) is 22.9 Å². The Morgan fingerprint density at radius 2 is 1.79 bits per heavy atom. The van der Waals surface area contributed by atoms with E-state index in [1.165, 1.54) is 6.07 Å². The van der Waals surface area contributed by atoms with Gasteiger partial charge in [-0.05, 0) is 24.3 Å². The highest BCUT2D eigenvalue weighted by Crippen LogP contribution is 2.36. The third kappa shape index (κ3) is 3.48. The fraction of sp³-hybridized carbons (Fsp3) is 0.0476. The number of ether oxygens (including phenoxy) is 2. The minimum Gasteiger partial charge on any atom is -0.496 e. The predicted octanol–water partition coefficient (Wildman–Crippen LogP) is 3.58. The average Bonchev–Trinajstić information content (AvgIpc) is 2.98. The minimum absolute atomic E-state index is 0.195. The maximum absolute atomic E-state index is 12.9. The summed E-state index contributed by atoms with van der Waals surface area (Å²) >= 11 is 6.36. The molecule has 2 aromatic carbocycles. The Balaban J connectivity index is 1.67. The number of carbonyl (C=O) groups is 3. The molecule has 2 aliphatic rings. The second kappa shape index (κ2) is 7.65. The van der Waals surface area contributed by atoms with Crippen LogP contribution in [-0.2, 0) is 9.59 Å². The van der Waals surface area contributed by atoms with Crippen molar-refractivity contribution >= 4 is 52.0 Å². The number of para-hydroxylation sites is 2. The van der Waals surface area contributed by atoms with Gasteiger partial charge < -0.3 is 9.47 Å². The van der Waals surface area contributed by atoms with Gasteiger partial charge in [0.2, 0.25) is 5.78 Å². The summed E-state index contributed by atoms with van der Waals surface area (Å²) in [6, 6.07) is 13.7. The molecule has 144 valence electrons. The molecule has 2 aliphatic heterocycles. The van der Waals surface area contributed by atoms with Crippen LogP contribution in [0.25, 0.3) is 6.08 Å². The molecular formula is C21H13NO5S2. The number of rotatable bonds is 3. The lowest BCUT2D eigenvalue weighted by Crippen LogP contribution is -2.30. The molecule has 1 saturated heterocycles. The van der Waals surface area contributed by atoms with E-state index < -0.39 is 17.7 Å². The molecule has 0 aromatic heterocycles. The van der Waals surface area contributed by atoms with Crippen LogP contribution in [0.3, 0.4) is 0 Å². The highest BCUT2D eigenvalue weighted by Gasteiger charge is 2.36. The number of amides is 1. The SMILES string of the molecule is COc1ccccc1/C=C1/SC(=S)N(/C=C2\C(=O)Oc3ccccc3C2=O)C1=O. The largest absolute Gasteiger partial charge is 0.496 e. The van der Waals surface area contributed by atoms with Gasteiger partial charge in [0, 0.05) is 11.8 Å². The van der Waals surface area contributed by atoms with Crippen LogP contribution in [0.1, 0.15) is 15.9 Å². The lowest BCUT2D eigenvalue weighted by molar-refractivity contribution is -0.130. The number of Topliss-reactive ketones (excluding diaryl/α,β-unsaturated/α-hetero) is 1. The molecule has 0 aliphatic carbocycles. The zero-order chi connectivity index (χ0) is 20.5. The minimum atomic E-state index is -0.823. The van der Waals surface area contributed by atoms with E-state index in [2.05, 4.69) is 0 Å². The Kier molecular flexibility index (Phi) is 5.04. The zero-order valence-electron chi connectivity index (χ0n) is 15.1. The first-order chi connectivity index (χ1) is 14.0. The smallest absolute Gasteiger partial charge is 0.349 e. The van der Waals surface area contributed by atoms with Gasteiger partial charge in [-0.1, -0.05) is 54.3 Å². The number of esters is 1. The van der Waals surface area contributed by atoms with Crippen LogP contribution in [-0.4, -0.2) is 34.0 Å². The lowest BCUT2D eigenvalue weighted by atomic mass is 10.0. The summed E-state index contributed by atoms with van der Waals surface area (Å²) in [5.41, 5.74) is 0.720. The van der Waals surface area contributed by atoms with Gasteiger partial charge in [-0.3, -0.25) is 14.5 Å².